The molecule has 8 heteroatoms. The van der Waals surface area contributed by atoms with Gasteiger partial charge in [-0.3, -0.25) is 0 Å². The van der Waals surface area contributed by atoms with Crippen LogP contribution in [-0.4, -0.2) is 32.1 Å². The number of carbonyl (C=O) groups is 3. The number of benzene rings is 2. The number of hydrogen-bond acceptors (Lipinski definition) is 7. The average molecular weight is 390 g/mol. The summed E-state index contributed by atoms with van der Waals surface area (Å²) in [5, 5.41) is 3.21. The monoisotopic (exact) mass is 389 g/mol. The number of halogens is 1. The molecular weight excluding hydrogens is 374 g/mol. The third kappa shape index (κ3) is 5.58. The minimum absolute atomic E-state index is 0.145. The predicted octanol–water partition coefficient (Wildman–Crippen LogP) is 3.20. The van der Waals surface area contributed by atoms with Crippen molar-refractivity contribution in [3.63, 3.8) is 0 Å². The summed E-state index contributed by atoms with van der Waals surface area (Å²) in [7, 11) is 2.33. The SMILES string of the molecule is COC(=O)/C=C(/Nc1ccccc1C(=O)Oc1ccc(Cl)cc1)C(=O)OC. The summed E-state index contributed by atoms with van der Waals surface area (Å²) in [5.41, 5.74) is 0.195. The fourth-order valence-electron chi connectivity index (χ4n) is 2.01. The number of esters is 3. The molecule has 27 heavy (non-hydrogen) atoms. The van der Waals surface area contributed by atoms with Gasteiger partial charge in [-0.2, -0.15) is 0 Å². The van der Waals surface area contributed by atoms with Gasteiger partial charge in [0.05, 0.1) is 31.5 Å². The second-order valence-corrected chi connectivity index (χ2v) is 5.52. The number of rotatable bonds is 6. The van der Waals surface area contributed by atoms with Gasteiger partial charge in [-0.25, -0.2) is 14.4 Å². The van der Waals surface area contributed by atoms with Gasteiger partial charge in [0.1, 0.15) is 11.4 Å². The first-order valence-electron chi connectivity index (χ1n) is 7.66. The summed E-state index contributed by atoms with van der Waals surface area (Å²) >= 11 is 5.81. The molecule has 0 amide bonds. The van der Waals surface area contributed by atoms with E-state index in [9.17, 15) is 14.4 Å². The van der Waals surface area contributed by atoms with Crippen molar-refractivity contribution in [2.75, 3.05) is 19.5 Å². The van der Waals surface area contributed by atoms with Crippen LogP contribution >= 0.6 is 11.6 Å². The Morgan fingerprint density at radius 2 is 1.63 bits per heavy atom. The van der Waals surface area contributed by atoms with Gasteiger partial charge in [0.2, 0.25) is 0 Å². The van der Waals surface area contributed by atoms with E-state index in [0.717, 1.165) is 13.2 Å². The lowest BCUT2D eigenvalue weighted by Crippen LogP contribution is -2.18. The van der Waals surface area contributed by atoms with Crippen LogP contribution in [0.25, 0.3) is 0 Å². The number of para-hydroxylation sites is 1. The molecule has 0 bridgehead atoms. The molecule has 2 aromatic carbocycles. The Morgan fingerprint density at radius 3 is 2.26 bits per heavy atom. The van der Waals surface area contributed by atoms with Crippen molar-refractivity contribution in [3.05, 3.63) is 70.9 Å². The molecule has 0 unspecified atom stereocenters. The van der Waals surface area contributed by atoms with E-state index >= 15 is 0 Å². The van der Waals surface area contributed by atoms with Gasteiger partial charge in [0, 0.05) is 5.02 Å². The number of anilines is 1. The normalized spacial score (nSPS) is 10.7. The summed E-state index contributed by atoms with van der Waals surface area (Å²) in [4.78, 5) is 35.9. The van der Waals surface area contributed by atoms with E-state index in [4.69, 9.17) is 16.3 Å². The second-order valence-electron chi connectivity index (χ2n) is 5.09. The Kier molecular flexibility index (Phi) is 6.96. The predicted molar refractivity (Wildman–Crippen MR) is 98.6 cm³/mol. The highest BCUT2D eigenvalue weighted by atomic mass is 35.5. The third-order valence-electron chi connectivity index (χ3n) is 3.31. The van der Waals surface area contributed by atoms with Crippen LogP contribution in [0.5, 0.6) is 5.75 Å². The molecule has 2 aromatic rings. The highest BCUT2D eigenvalue weighted by Crippen LogP contribution is 2.22. The molecule has 1 N–H and O–H groups in total. The molecule has 0 atom stereocenters. The van der Waals surface area contributed by atoms with E-state index in [0.29, 0.717) is 10.8 Å². The van der Waals surface area contributed by atoms with Gasteiger partial charge in [-0.15, -0.1) is 0 Å². The zero-order valence-corrected chi connectivity index (χ0v) is 15.3. The molecule has 0 spiro atoms. The molecule has 140 valence electrons. The van der Waals surface area contributed by atoms with E-state index in [2.05, 4.69) is 14.8 Å². The summed E-state index contributed by atoms with van der Waals surface area (Å²) in [6.45, 7) is 0. The van der Waals surface area contributed by atoms with Crippen LogP contribution in [0.4, 0.5) is 5.69 Å². The standard InChI is InChI=1S/C19H16ClNO6/c1-25-17(22)11-16(19(24)26-2)21-15-6-4-3-5-14(15)18(23)27-13-9-7-12(20)8-10-13/h3-11,21H,1-2H3/b16-11+. The van der Waals surface area contributed by atoms with Crippen molar-refractivity contribution in [2.45, 2.75) is 0 Å². The lowest BCUT2D eigenvalue weighted by Gasteiger charge is -2.13. The van der Waals surface area contributed by atoms with Crippen molar-refractivity contribution >= 4 is 35.2 Å². The van der Waals surface area contributed by atoms with Crippen LogP contribution in [0.15, 0.2) is 60.3 Å². The minimum atomic E-state index is -0.804. The first-order chi connectivity index (χ1) is 12.9. The van der Waals surface area contributed by atoms with Crippen molar-refractivity contribution in [2.24, 2.45) is 0 Å². The van der Waals surface area contributed by atoms with Gasteiger partial charge in [0.25, 0.3) is 0 Å². The van der Waals surface area contributed by atoms with Gasteiger partial charge < -0.3 is 19.5 Å². The Bertz CT molecular complexity index is 876. The molecule has 0 saturated heterocycles. The topological polar surface area (TPSA) is 90.9 Å². The summed E-state index contributed by atoms with van der Waals surface area (Å²) in [6.07, 6.45) is 0.924. The molecule has 0 aliphatic rings. The average Bonchev–Trinajstić information content (AvgIpc) is 2.68. The van der Waals surface area contributed by atoms with Crippen molar-refractivity contribution < 1.29 is 28.6 Å². The van der Waals surface area contributed by atoms with Crippen LogP contribution in [0, 0.1) is 0 Å². The molecule has 0 aromatic heterocycles. The molecule has 7 nitrogen and oxygen atoms in total. The Labute approximate surface area is 160 Å². The maximum Gasteiger partial charge on any atom is 0.354 e. The van der Waals surface area contributed by atoms with E-state index in [1.54, 1.807) is 42.5 Å². The molecule has 0 radical (unpaired) electrons. The highest BCUT2D eigenvalue weighted by Gasteiger charge is 2.18. The number of carbonyl (C=O) groups excluding carboxylic acids is 3. The van der Waals surface area contributed by atoms with Crippen molar-refractivity contribution in [3.8, 4) is 5.75 Å². The van der Waals surface area contributed by atoms with E-state index in [1.165, 1.54) is 13.2 Å². The maximum absolute atomic E-state index is 12.5. The van der Waals surface area contributed by atoms with Crippen molar-refractivity contribution in [1.82, 2.24) is 0 Å². The number of nitrogens with one attached hydrogen (secondary N) is 1. The Hall–Kier alpha value is -3.32. The maximum atomic E-state index is 12.5. The quantitative estimate of drug-likeness (QED) is 0.461. The van der Waals surface area contributed by atoms with E-state index in [-0.39, 0.29) is 16.9 Å². The van der Waals surface area contributed by atoms with Gasteiger partial charge in [0.15, 0.2) is 0 Å². The number of hydrogen-bond donors (Lipinski definition) is 1. The van der Waals surface area contributed by atoms with Crippen LogP contribution < -0.4 is 10.1 Å². The summed E-state index contributed by atoms with van der Waals surface area (Å²) in [5.74, 6) is -1.93. The number of methoxy groups -OCH3 is 2. The molecule has 0 aliphatic carbocycles. The van der Waals surface area contributed by atoms with Crippen LogP contribution in [0.2, 0.25) is 5.02 Å². The number of ether oxygens (including phenoxy) is 3. The van der Waals surface area contributed by atoms with Gasteiger partial charge >= 0.3 is 17.9 Å². The van der Waals surface area contributed by atoms with Crippen LogP contribution in [0.1, 0.15) is 10.4 Å². The van der Waals surface area contributed by atoms with Gasteiger partial charge in [-0.05, 0) is 36.4 Å². The van der Waals surface area contributed by atoms with Crippen LogP contribution in [0.3, 0.4) is 0 Å². The van der Waals surface area contributed by atoms with E-state index < -0.39 is 17.9 Å². The van der Waals surface area contributed by atoms with Crippen LogP contribution in [-0.2, 0) is 19.1 Å². The smallest absolute Gasteiger partial charge is 0.354 e. The zero-order valence-electron chi connectivity index (χ0n) is 14.5. The second kappa shape index (κ2) is 9.40. The molecule has 2 rings (SSSR count). The molecular formula is C19H16ClNO6. The lowest BCUT2D eigenvalue weighted by molar-refractivity contribution is -0.138. The Morgan fingerprint density at radius 1 is 0.963 bits per heavy atom. The molecule has 0 saturated carbocycles. The molecule has 0 fully saturated rings. The summed E-state index contributed by atoms with van der Waals surface area (Å²) < 4.78 is 14.4. The van der Waals surface area contributed by atoms with Gasteiger partial charge in [-0.1, -0.05) is 23.7 Å². The molecule has 0 heterocycles. The first-order valence-corrected chi connectivity index (χ1v) is 8.04. The largest absolute Gasteiger partial charge is 0.466 e. The fourth-order valence-corrected chi connectivity index (χ4v) is 2.14. The summed E-state index contributed by atoms with van der Waals surface area (Å²) in [6, 6.07) is 12.6. The highest BCUT2D eigenvalue weighted by molar-refractivity contribution is 6.30. The van der Waals surface area contributed by atoms with E-state index in [1.807, 2.05) is 0 Å². The minimum Gasteiger partial charge on any atom is -0.466 e. The molecule has 0 aliphatic heterocycles. The Balaban J connectivity index is 2.29. The lowest BCUT2D eigenvalue weighted by atomic mass is 10.1. The van der Waals surface area contributed by atoms with Crippen molar-refractivity contribution in [1.29, 1.82) is 0 Å². The zero-order chi connectivity index (χ0) is 19.8. The first kappa shape index (κ1) is 20.0. The fraction of sp³-hybridized carbons (Fsp3) is 0.105. The third-order valence-corrected chi connectivity index (χ3v) is 3.56.